The van der Waals surface area contributed by atoms with Crippen LogP contribution in [0.2, 0.25) is 0 Å². The highest BCUT2D eigenvalue weighted by molar-refractivity contribution is 7.90. The number of amides is 2. The Labute approximate surface area is 250 Å². The zero-order valence-electron chi connectivity index (χ0n) is 24.0. The van der Waals surface area contributed by atoms with Crippen LogP contribution in [0, 0.1) is 11.6 Å². The first-order valence-corrected chi connectivity index (χ1v) is 15.0. The summed E-state index contributed by atoms with van der Waals surface area (Å²) in [6.45, 7) is 4.99. The van der Waals surface area contributed by atoms with Gasteiger partial charge in [-0.1, -0.05) is 18.2 Å². The number of methoxy groups -OCH3 is 2. The van der Waals surface area contributed by atoms with Crippen LogP contribution in [-0.2, 0) is 29.2 Å². The first-order valence-electron chi connectivity index (χ1n) is 13.9. The van der Waals surface area contributed by atoms with Crippen LogP contribution in [0.15, 0.2) is 53.6 Å². The largest absolute Gasteiger partial charge is 0.587 e. The van der Waals surface area contributed by atoms with E-state index in [-0.39, 0.29) is 24.6 Å². The van der Waals surface area contributed by atoms with Crippen LogP contribution in [0.5, 0.6) is 11.5 Å². The Bertz CT molecular complexity index is 1640. The number of carbonyl (C=O) groups is 1. The van der Waals surface area contributed by atoms with Gasteiger partial charge in [-0.15, -0.1) is 3.97 Å². The van der Waals surface area contributed by atoms with E-state index in [1.54, 1.807) is 29.2 Å². The summed E-state index contributed by atoms with van der Waals surface area (Å²) in [4.78, 5) is 24.0. The average Bonchev–Trinajstić information content (AvgIpc) is 3.40. The number of morpholine rings is 1. The van der Waals surface area contributed by atoms with Crippen LogP contribution in [0.3, 0.4) is 0 Å². The van der Waals surface area contributed by atoms with E-state index in [4.69, 9.17) is 19.2 Å². The first-order chi connectivity index (χ1) is 20.9. The number of nitrogens with zero attached hydrogens (tertiary/aromatic N) is 5. The predicted molar refractivity (Wildman–Crippen MR) is 158 cm³/mol. The molecule has 0 bridgehead atoms. The second-order valence-corrected chi connectivity index (χ2v) is 11.5. The topological polar surface area (TPSA) is 95.4 Å². The van der Waals surface area contributed by atoms with E-state index in [1.165, 1.54) is 19.1 Å². The monoisotopic (exact) mass is 611 g/mol. The fraction of sp³-hybridized carbons (Fsp3) is 0.333. The van der Waals surface area contributed by atoms with Gasteiger partial charge in [-0.05, 0) is 25.1 Å². The van der Waals surface area contributed by atoms with Crippen LogP contribution in [0.4, 0.5) is 25.0 Å². The van der Waals surface area contributed by atoms with Gasteiger partial charge < -0.3 is 18.8 Å². The number of hydrogen-bond acceptors (Lipinski definition) is 7. The molecule has 0 N–H and O–H groups in total. The molecule has 2 aliphatic heterocycles. The molecule has 0 spiro atoms. The van der Waals surface area contributed by atoms with E-state index in [0.717, 1.165) is 29.7 Å². The zero-order chi connectivity index (χ0) is 30.2. The fourth-order valence-corrected chi connectivity index (χ4v) is 6.85. The molecule has 2 aromatic carbocycles. The number of pyridine rings is 1. The van der Waals surface area contributed by atoms with Crippen LogP contribution in [-0.4, -0.2) is 71.5 Å². The molecule has 0 saturated carbocycles. The summed E-state index contributed by atoms with van der Waals surface area (Å²) in [7, 11) is 2.51. The summed E-state index contributed by atoms with van der Waals surface area (Å²) in [5.74, 6) is -2.53. The molecule has 13 heteroatoms. The lowest BCUT2D eigenvalue weighted by Gasteiger charge is -2.37. The summed E-state index contributed by atoms with van der Waals surface area (Å²) in [5, 5.41) is 0.629. The Morgan fingerprint density at radius 1 is 1.02 bits per heavy atom. The van der Waals surface area contributed by atoms with E-state index < -0.39 is 34.7 Å². The second kappa shape index (κ2) is 12.0. The van der Waals surface area contributed by atoms with Gasteiger partial charge in [-0.25, -0.2) is 18.6 Å². The van der Waals surface area contributed by atoms with E-state index in [1.807, 2.05) is 24.3 Å². The predicted octanol–water partition coefficient (Wildman–Crippen LogP) is 4.70. The van der Waals surface area contributed by atoms with Crippen molar-refractivity contribution in [2.24, 2.45) is 0 Å². The zero-order valence-corrected chi connectivity index (χ0v) is 24.8. The third kappa shape index (κ3) is 5.05. The van der Waals surface area contributed by atoms with E-state index in [2.05, 4.69) is 4.90 Å². The van der Waals surface area contributed by atoms with E-state index in [0.29, 0.717) is 46.9 Å². The number of hydrogen-bond donors (Lipinski definition) is 0. The maximum atomic E-state index is 15.5. The van der Waals surface area contributed by atoms with Crippen molar-refractivity contribution in [3.63, 3.8) is 0 Å². The third-order valence-corrected chi connectivity index (χ3v) is 9.12. The van der Waals surface area contributed by atoms with Crippen molar-refractivity contribution in [3.8, 4) is 11.5 Å². The Hall–Kier alpha value is -3.91. The van der Waals surface area contributed by atoms with Crippen molar-refractivity contribution in [2.75, 3.05) is 56.9 Å². The molecule has 1 atom stereocenters. The molecule has 43 heavy (non-hydrogen) atoms. The molecule has 1 saturated heterocycles. The molecule has 10 nitrogen and oxygen atoms in total. The minimum absolute atomic E-state index is 0.149. The molecule has 226 valence electrons. The van der Waals surface area contributed by atoms with E-state index >= 15 is 8.78 Å². The maximum Gasteiger partial charge on any atom is 0.329 e. The van der Waals surface area contributed by atoms with Crippen molar-refractivity contribution >= 4 is 39.8 Å². The van der Waals surface area contributed by atoms with Gasteiger partial charge in [-0.3, -0.25) is 14.7 Å². The molecule has 2 aromatic heterocycles. The highest BCUT2D eigenvalue weighted by atomic mass is 32.2. The molecule has 4 aromatic rings. The highest BCUT2D eigenvalue weighted by Crippen LogP contribution is 2.43. The minimum atomic E-state index is -1.62. The van der Waals surface area contributed by atoms with Gasteiger partial charge >= 0.3 is 6.03 Å². The second-order valence-electron chi connectivity index (χ2n) is 10.1. The summed E-state index contributed by atoms with van der Waals surface area (Å²) >= 11 is -1.62. The van der Waals surface area contributed by atoms with Crippen LogP contribution < -0.4 is 19.3 Å². The number of fused-ring (bicyclic) bond motifs is 3. The average molecular weight is 612 g/mol. The number of halogens is 2. The first kappa shape index (κ1) is 29.2. The summed E-state index contributed by atoms with van der Waals surface area (Å²) in [6.07, 6.45) is 1.57. The number of aromatic nitrogens is 2. The summed E-state index contributed by atoms with van der Waals surface area (Å²) in [6, 6.07) is 11.5. The standard InChI is InChI=1S/C30H31F2N5O5S/c1-4-35-27-19(17-36(30(35)38)28-25(31)23(40-2)15-24(41-3)26(28)32)16-33-29-22(27)14-20(18-34-10-12-42-13-11-34)37(29)43(39)21-8-6-5-7-9-21/h5-9,14-16H,4,10-13,17-18H2,1-3H3. The summed E-state index contributed by atoms with van der Waals surface area (Å²) < 4.78 is 62.4. The smallest absolute Gasteiger partial charge is 0.329 e. The molecule has 1 unspecified atom stereocenters. The molecule has 1 fully saturated rings. The molecular formula is C30H31F2N5O5S. The van der Waals surface area contributed by atoms with Gasteiger partial charge in [0.25, 0.3) is 0 Å². The number of benzene rings is 2. The van der Waals surface area contributed by atoms with Crippen molar-refractivity contribution in [1.29, 1.82) is 0 Å². The van der Waals surface area contributed by atoms with Gasteiger partial charge in [0.15, 0.2) is 33.7 Å². The minimum Gasteiger partial charge on any atom is -0.587 e. The van der Waals surface area contributed by atoms with Crippen molar-refractivity contribution < 1.29 is 32.3 Å². The van der Waals surface area contributed by atoms with Crippen molar-refractivity contribution in [3.05, 3.63) is 71.6 Å². The molecule has 2 aliphatic rings. The van der Waals surface area contributed by atoms with Crippen LogP contribution in [0.25, 0.3) is 11.0 Å². The van der Waals surface area contributed by atoms with Crippen LogP contribution >= 0.6 is 0 Å². The fourth-order valence-electron chi connectivity index (χ4n) is 5.62. The van der Waals surface area contributed by atoms with Gasteiger partial charge in [0.05, 0.1) is 45.4 Å². The third-order valence-electron chi connectivity index (χ3n) is 7.70. The molecular weight excluding hydrogens is 580 g/mol. The highest BCUT2D eigenvalue weighted by Gasteiger charge is 2.38. The molecule has 2 amide bonds. The SMILES string of the molecule is CCN1C(=O)N(c2c(F)c(OC)cc(OC)c2F)Cc2cnc3c(cc(CN4CCOCC4)n3[S+]([O-])c3ccccc3)c21. The van der Waals surface area contributed by atoms with Crippen molar-refractivity contribution in [1.82, 2.24) is 13.9 Å². The lowest BCUT2D eigenvalue weighted by molar-refractivity contribution is 0.0336. The Morgan fingerprint density at radius 2 is 1.70 bits per heavy atom. The number of ether oxygens (including phenoxy) is 3. The number of rotatable bonds is 8. The van der Waals surface area contributed by atoms with Crippen molar-refractivity contribution in [2.45, 2.75) is 24.9 Å². The number of anilines is 2. The van der Waals surface area contributed by atoms with Gasteiger partial charge in [0.1, 0.15) is 17.0 Å². The van der Waals surface area contributed by atoms with E-state index in [9.17, 15) is 9.35 Å². The Balaban J connectivity index is 1.51. The lowest BCUT2D eigenvalue weighted by Crippen LogP contribution is -2.48. The summed E-state index contributed by atoms with van der Waals surface area (Å²) in [5.41, 5.74) is 1.79. The maximum absolute atomic E-state index is 15.5. The quantitative estimate of drug-likeness (QED) is 0.267. The lowest BCUT2D eigenvalue weighted by atomic mass is 10.1. The van der Waals surface area contributed by atoms with Gasteiger partial charge in [-0.2, -0.15) is 0 Å². The Kier molecular flexibility index (Phi) is 8.14. The number of urea groups is 1. The van der Waals surface area contributed by atoms with Crippen LogP contribution in [0.1, 0.15) is 18.2 Å². The van der Waals surface area contributed by atoms with Gasteiger partial charge in [0, 0.05) is 49.4 Å². The normalized spacial score (nSPS) is 16.5. The van der Waals surface area contributed by atoms with Gasteiger partial charge in [0.2, 0.25) is 0 Å². The Morgan fingerprint density at radius 3 is 2.33 bits per heavy atom. The molecule has 0 aliphatic carbocycles. The molecule has 4 heterocycles. The number of carbonyl (C=O) groups excluding carboxylic acids is 1. The molecule has 6 rings (SSSR count). The molecule has 0 radical (unpaired) electrons.